The summed E-state index contributed by atoms with van der Waals surface area (Å²) in [6.07, 6.45) is 2.78. The van der Waals surface area contributed by atoms with E-state index in [2.05, 4.69) is 27.3 Å². The first kappa shape index (κ1) is 11.2. The summed E-state index contributed by atoms with van der Waals surface area (Å²) in [6, 6.07) is 1.21. The van der Waals surface area contributed by atoms with Crippen LogP contribution in [-0.2, 0) is 6.54 Å². The second kappa shape index (κ2) is 4.38. The van der Waals surface area contributed by atoms with Gasteiger partial charge in [0.2, 0.25) is 5.89 Å². The van der Waals surface area contributed by atoms with Crippen LogP contribution < -0.4 is 5.32 Å². The van der Waals surface area contributed by atoms with Crippen LogP contribution in [0.2, 0.25) is 0 Å². The molecule has 5 nitrogen and oxygen atoms in total. The van der Waals surface area contributed by atoms with Gasteiger partial charge >= 0.3 is 0 Å². The van der Waals surface area contributed by atoms with Crippen molar-refractivity contribution in [1.29, 1.82) is 0 Å². The van der Waals surface area contributed by atoms with Crippen molar-refractivity contribution in [2.45, 2.75) is 45.3 Å². The summed E-state index contributed by atoms with van der Waals surface area (Å²) in [5.41, 5.74) is 0. The minimum Gasteiger partial charge on any atom is -0.340 e. The Morgan fingerprint density at radius 2 is 2.29 bits per heavy atom. The van der Waals surface area contributed by atoms with Gasteiger partial charge in [-0.05, 0) is 25.7 Å². The number of aromatic nitrogens is 2. The smallest absolute Gasteiger partial charge is 0.223 e. The van der Waals surface area contributed by atoms with Crippen LogP contribution in [0.5, 0.6) is 0 Å². The molecule has 94 valence electrons. The zero-order valence-electron chi connectivity index (χ0n) is 10.5. The van der Waals surface area contributed by atoms with Crippen LogP contribution in [0.1, 0.15) is 31.5 Å². The topological polar surface area (TPSA) is 54.2 Å². The number of rotatable bonds is 3. The maximum Gasteiger partial charge on any atom is 0.223 e. The Bertz CT molecular complexity index is 388. The molecule has 1 saturated heterocycles. The first-order valence-electron chi connectivity index (χ1n) is 6.49. The Morgan fingerprint density at radius 3 is 2.94 bits per heavy atom. The summed E-state index contributed by atoms with van der Waals surface area (Å²) < 4.78 is 5.02. The van der Waals surface area contributed by atoms with Gasteiger partial charge in [0.1, 0.15) is 0 Å². The number of hydrogen-bond acceptors (Lipinski definition) is 5. The van der Waals surface area contributed by atoms with Gasteiger partial charge in [-0.3, -0.25) is 4.90 Å². The lowest BCUT2D eigenvalue weighted by molar-refractivity contribution is 0.121. The molecule has 0 aromatic carbocycles. The third kappa shape index (κ3) is 2.50. The highest BCUT2D eigenvalue weighted by Gasteiger charge is 2.36. The van der Waals surface area contributed by atoms with Crippen molar-refractivity contribution in [3.05, 3.63) is 11.7 Å². The predicted octanol–water partition coefficient (Wildman–Crippen LogP) is 0.950. The standard InChI is InChI=1S/C12H20N4O/c1-8-5-13-11(10-3-4-10)6-16(8)7-12-14-9(2)17-15-12/h8,10-11,13H,3-7H2,1-2H3. The maximum absolute atomic E-state index is 5.02. The fourth-order valence-corrected chi connectivity index (χ4v) is 2.57. The van der Waals surface area contributed by atoms with E-state index in [1.807, 2.05) is 6.92 Å². The number of nitrogens with one attached hydrogen (secondary N) is 1. The lowest BCUT2D eigenvalue weighted by Gasteiger charge is -2.38. The Kier molecular flexibility index (Phi) is 2.88. The van der Waals surface area contributed by atoms with Crippen LogP contribution in [0, 0.1) is 12.8 Å². The van der Waals surface area contributed by atoms with Crippen LogP contribution in [0.4, 0.5) is 0 Å². The molecule has 2 aliphatic rings. The normalized spacial score (nSPS) is 30.7. The van der Waals surface area contributed by atoms with Gasteiger partial charge < -0.3 is 9.84 Å². The largest absolute Gasteiger partial charge is 0.340 e. The summed E-state index contributed by atoms with van der Waals surface area (Å²) in [5, 5.41) is 7.63. The van der Waals surface area contributed by atoms with E-state index in [0.717, 1.165) is 31.4 Å². The molecule has 2 unspecified atom stereocenters. The van der Waals surface area contributed by atoms with E-state index in [-0.39, 0.29) is 0 Å². The second-order valence-corrected chi connectivity index (χ2v) is 5.36. The van der Waals surface area contributed by atoms with E-state index in [9.17, 15) is 0 Å². The Morgan fingerprint density at radius 1 is 1.47 bits per heavy atom. The molecule has 0 spiro atoms. The second-order valence-electron chi connectivity index (χ2n) is 5.36. The average Bonchev–Trinajstić information content (AvgIpc) is 3.07. The monoisotopic (exact) mass is 236 g/mol. The Labute approximate surface area is 102 Å². The minimum absolute atomic E-state index is 0.545. The summed E-state index contributed by atoms with van der Waals surface area (Å²) in [5.74, 6) is 2.37. The number of nitrogens with zero attached hydrogens (tertiary/aromatic N) is 3. The van der Waals surface area contributed by atoms with Gasteiger partial charge in [-0.1, -0.05) is 5.16 Å². The molecule has 17 heavy (non-hydrogen) atoms. The molecule has 0 amide bonds. The molecule has 1 aliphatic carbocycles. The van der Waals surface area contributed by atoms with Crippen LogP contribution >= 0.6 is 0 Å². The van der Waals surface area contributed by atoms with Gasteiger partial charge in [-0.15, -0.1) is 0 Å². The quantitative estimate of drug-likeness (QED) is 0.847. The molecule has 0 radical (unpaired) electrons. The highest BCUT2D eigenvalue weighted by Crippen LogP contribution is 2.34. The van der Waals surface area contributed by atoms with E-state index >= 15 is 0 Å². The zero-order valence-corrected chi connectivity index (χ0v) is 10.5. The van der Waals surface area contributed by atoms with Crippen molar-refractivity contribution >= 4 is 0 Å². The van der Waals surface area contributed by atoms with E-state index in [1.54, 1.807) is 0 Å². The summed E-state index contributed by atoms with van der Waals surface area (Å²) in [7, 11) is 0. The molecule has 2 heterocycles. The highest BCUT2D eigenvalue weighted by molar-refractivity contribution is 4.95. The third-order valence-electron chi connectivity index (χ3n) is 3.84. The molecular weight excluding hydrogens is 216 g/mol. The van der Waals surface area contributed by atoms with Crippen LogP contribution in [0.3, 0.4) is 0 Å². The van der Waals surface area contributed by atoms with Crippen molar-refractivity contribution in [3.63, 3.8) is 0 Å². The molecule has 5 heteroatoms. The molecule has 2 fully saturated rings. The number of piperazine rings is 1. The predicted molar refractivity (Wildman–Crippen MR) is 63.4 cm³/mol. The molecule has 3 rings (SSSR count). The van der Waals surface area contributed by atoms with Gasteiger partial charge in [0, 0.05) is 32.1 Å². The fraction of sp³-hybridized carbons (Fsp3) is 0.833. The molecule has 2 atom stereocenters. The van der Waals surface area contributed by atoms with Crippen molar-refractivity contribution < 1.29 is 4.52 Å². The van der Waals surface area contributed by atoms with Gasteiger partial charge in [0.15, 0.2) is 5.82 Å². The molecule has 1 aliphatic heterocycles. The molecule has 1 N–H and O–H groups in total. The van der Waals surface area contributed by atoms with Crippen LogP contribution in [0.15, 0.2) is 4.52 Å². The first-order chi connectivity index (χ1) is 8.22. The number of aryl methyl sites for hydroxylation is 1. The van der Waals surface area contributed by atoms with Crippen LogP contribution in [0.25, 0.3) is 0 Å². The molecule has 0 bridgehead atoms. The van der Waals surface area contributed by atoms with Gasteiger partial charge in [0.05, 0.1) is 6.54 Å². The Hall–Kier alpha value is -0.940. The minimum atomic E-state index is 0.545. The summed E-state index contributed by atoms with van der Waals surface area (Å²) in [4.78, 5) is 6.75. The van der Waals surface area contributed by atoms with Crippen molar-refractivity contribution in [2.24, 2.45) is 5.92 Å². The maximum atomic E-state index is 5.02. The van der Waals surface area contributed by atoms with E-state index in [4.69, 9.17) is 4.52 Å². The summed E-state index contributed by atoms with van der Waals surface area (Å²) >= 11 is 0. The van der Waals surface area contributed by atoms with Gasteiger partial charge in [-0.2, -0.15) is 4.98 Å². The average molecular weight is 236 g/mol. The fourth-order valence-electron chi connectivity index (χ4n) is 2.57. The van der Waals surface area contributed by atoms with Crippen molar-refractivity contribution in [1.82, 2.24) is 20.4 Å². The SMILES string of the molecule is Cc1nc(CN2CC(C3CC3)NCC2C)no1. The van der Waals surface area contributed by atoms with Crippen molar-refractivity contribution in [3.8, 4) is 0 Å². The molecule has 1 saturated carbocycles. The molecule has 1 aromatic rings. The molecular formula is C12H20N4O. The van der Waals surface area contributed by atoms with E-state index < -0.39 is 0 Å². The zero-order chi connectivity index (χ0) is 11.8. The molecule has 1 aromatic heterocycles. The summed E-state index contributed by atoms with van der Waals surface area (Å²) in [6.45, 7) is 7.08. The van der Waals surface area contributed by atoms with Gasteiger partial charge in [0.25, 0.3) is 0 Å². The first-order valence-corrected chi connectivity index (χ1v) is 6.49. The number of hydrogen-bond donors (Lipinski definition) is 1. The lowest BCUT2D eigenvalue weighted by atomic mass is 10.1. The van der Waals surface area contributed by atoms with Crippen molar-refractivity contribution in [2.75, 3.05) is 13.1 Å². The van der Waals surface area contributed by atoms with E-state index in [1.165, 1.54) is 12.8 Å². The van der Waals surface area contributed by atoms with E-state index in [0.29, 0.717) is 18.0 Å². The third-order valence-corrected chi connectivity index (χ3v) is 3.84. The van der Waals surface area contributed by atoms with Crippen LogP contribution in [-0.4, -0.2) is 40.2 Å². The van der Waals surface area contributed by atoms with Gasteiger partial charge in [-0.25, -0.2) is 0 Å². The lowest BCUT2D eigenvalue weighted by Crippen LogP contribution is -2.55. The highest BCUT2D eigenvalue weighted by atomic mass is 16.5. The Balaban J connectivity index is 1.63.